The van der Waals surface area contributed by atoms with Crippen molar-refractivity contribution in [3.8, 4) is 11.5 Å². The molecule has 0 aromatic heterocycles. The van der Waals surface area contributed by atoms with Crippen LogP contribution in [0.3, 0.4) is 0 Å². The quantitative estimate of drug-likeness (QED) is 0.807. The van der Waals surface area contributed by atoms with Crippen LogP contribution in [0.5, 0.6) is 11.5 Å². The maximum absolute atomic E-state index is 6.04. The van der Waals surface area contributed by atoms with Crippen molar-refractivity contribution in [1.29, 1.82) is 0 Å². The summed E-state index contributed by atoms with van der Waals surface area (Å²) in [5, 5.41) is 3.27. The van der Waals surface area contributed by atoms with Crippen LogP contribution in [0, 0.1) is 0 Å². The lowest BCUT2D eigenvalue weighted by Gasteiger charge is -2.15. The van der Waals surface area contributed by atoms with E-state index in [1.54, 1.807) is 7.11 Å². The molecule has 0 aliphatic heterocycles. The number of methoxy groups -OCH3 is 1. The summed E-state index contributed by atoms with van der Waals surface area (Å²) in [6.07, 6.45) is 0. The van der Waals surface area contributed by atoms with Gasteiger partial charge in [0.2, 0.25) is 0 Å². The zero-order chi connectivity index (χ0) is 13.7. The van der Waals surface area contributed by atoms with Gasteiger partial charge in [0.15, 0.2) is 0 Å². The summed E-state index contributed by atoms with van der Waals surface area (Å²) in [4.78, 5) is 0. The Hall–Kier alpha value is -2.36. The van der Waals surface area contributed by atoms with Crippen LogP contribution in [0.15, 0.2) is 42.5 Å². The van der Waals surface area contributed by atoms with Gasteiger partial charge in [-0.15, -0.1) is 0 Å². The van der Waals surface area contributed by atoms with Gasteiger partial charge in [-0.05, 0) is 31.2 Å². The highest BCUT2D eigenvalue weighted by Gasteiger charge is 2.08. The van der Waals surface area contributed by atoms with Gasteiger partial charge in [0.25, 0.3) is 0 Å². The first-order chi connectivity index (χ1) is 9.26. The van der Waals surface area contributed by atoms with Gasteiger partial charge in [0.1, 0.15) is 11.5 Å². The van der Waals surface area contributed by atoms with Crippen molar-refractivity contribution >= 4 is 17.1 Å². The molecular formula is C15H18N2O2. The number of benzene rings is 2. The minimum absolute atomic E-state index is 0.580. The lowest BCUT2D eigenvalue weighted by Crippen LogP contribution is -2.01. The fraction of sp³-hybridized carbons (Fsp3) is 0.200. The summed E-state index contributed by atoms with van der Waals surface area (Å²) >= 11 is 0. The van der Waals surface area contributed by atoms with Crippen molar-refractivity contribution in [3.63, 3.8) is 0 Å². The number of nitrogen functional groups attached to an aromatic ring is 1. The zero-order valence-electron chi connectivity index (χ0n) is 11.1. The molecule has 19 heavy (non-hydrogen) atoms. The first-order valence-electron chi connectivity index (χ1n) is 6.17. The molecule has 2 aromatic carbocycles. The largest absolute Gasteiger partial charge is 0.495 e. The maximum atomic E-state index is 6.04. The highest BCUT2D eigenvalue weighted by atomic mass is 16.5. The molecule has 0 aliphatic rings. The Labute approximate surface area is 113 Å². The van der Waals surface area contributed by atoms with Crippen LogP contribution in [0.1, 0.15) is 6.92 Å². The van der Waals surface area contributed by atoms with Crippen molar-refractivity contribution < 1.29 is 9.47 Å². The van der Waals surface area contributed by atoms with E-state index >= 15 is 0 Å². The maximum Gasteiger partial charge on any atom is 0.143 e. The molecule has 0 heterocycles. The van der Waals surface area contributed by atoms with Gasteiger partial charge in [0, 0.05) is 0 Å². The third-order valence-electron chi connectivity index (χ3n) is 2.74. The van der Waals surface area contributed by atoms with Gasteiger partial charge < -0.3 is 20.5 Å². The lowest BCUT2D eigenvalue weighted by atomic mass is 10.2. The normalized spacial score (nSPS) is 10.0. The molecule has 0 atom stereocenters. The van der Waals surface area contributed by atoms with Crippen LogP contribution in [-0.2, 0) is 0 Å². The molecule has 4 nitrogen and oxygen atoms in total. The van der Waals surface area contributed by atoms with Crippen molar-refractivity contribution in [2.45, 2.75) is 6.92 Å². The van der Waals surface area contributed by atoms with Crippen molar-refractivity contribution in [1.82, 2.24) is 0 Å². The Kier molecular flexibility index (Phi) is 4.13. The molecular weight excluding hydrogens is 240 g/mol. The van der Waals surface area contributed by atoms with E-state index in [0.29, 0.717) is 18.0 Å². The summed E-state index contributed by atoms with van der Waals surface area (Å²) in [6, 6.07) is 13.4. The Morgan fingerprint density at radius 1 is 1.00 bits per heavy atom. The average Bonchev–Trinajstić information content (AvgIpc) is 2.43. The van der Waals surface area contributed by atoms with Crippen molar-refractivity contribution in [2.75, 3.05) is 24.8 Å². The number of rotatable bonds is 5. The molecule has 0 bridgehead atoms. The van der Waals surface area contributed by atoms with Crippen molar-refractivity contribution in [3.05, 3.63) is 42.5 Å². The third-order valence-corrected chi connectivity index (χ3v) is 2.74. The van der Waals surface area contributed by atoms with Gasteiger partial charge in [0.05, 0.1) is 30.8 Å². The van der Waals surface area contributed by atoms with E-state index in [-0.39, 0.29) is 0 Å². The average molecular weight is 258 g/mol. The Morgan fingerprint density at radius 3 is 2.42 bits per heavy atom. The van der Waals surface area contributed by atoms with Crippen LogP contribution in [0.2, 0.25) is 0 Å². The number of para-hydroxylation sites is 3. The van der Waals surface area contributed by atoms with Gasteiger partial charge in [-0.25, -0.2) is 0 Å². The molecule has 2 aromatic rings. The molecule has 0 spiro atoms. The Bertz CT molecular complexity index is 556. The van der Waals surface area contributed by atoms with E-state index in [2.05, 4.69) is 5.32 Å². The second-order valence-electron chi connectivity index (χ2n) is 3.98. The first-order valence-corrected chi connectivity index (χ1v) is 6.17. The molecule has 0 saturated heterocycles. The minimum Gasteiger partial charge on any atom is -0.495 e. The minimum atomic E-state index is 0.580. The van der Waals surface area contributed by atoms with Crippen LogP contribution >= 0.6 is 0 Å². The van der Waals surface area contributed by atoms with Crippen molar-refractivity contribution in [2.24, 2.45) is 0 Å². The SMILES string of the molecule is CCOc1ccccc1Nc1cccc(OC)c1N. The molecule has 4 heteroatoms. The van der Waals surface area contributed by atoms with Crippen LogP contribution in [-0.4, -0.2) is 13.7 Å². The van der Waals surface area contributed by atoms with Gasteiger partial charge in [-0.2, -0.15) is 0 Å². The van der Waals surface area contributed by atoms with E-state index in [9.17, 15) is 0 Å². The highest BCUT2D eigenvalue weighted by Crippen LogP contribution is 2.34. The van der Waals surface area contributed by atoms with E-state index < -0.39 is 0 Å². The molecule has 0 amide bonds. The predicted octanol–water partition coefficient (Wildman–Crippen LogP) is 3.42. The van der Waals surface area contributed by atoms with E-state index in [1.165, 1.54) is 0 Å². The Morgan fingerprint density at radius 2 is 1.68 bits per heavy atom. The first kappa shape index (κ1) is 13.1. The van der Waals surface area contributed by atoms with Crippen LogP contribution in [0.25, 0.3) is 0 Å². The predicted molar refractivity (Wildman–Crippen MR) is 78.3 cm³/mol. The number of hydrogen-bond donors (Lipinski definition) is 2. The fourth-order valence-corrected chi connectivity index (χ4v) is 1.83. The molecule has 0 saturated carbocycles. The lowest BCUT2D eigenvalue weighted by molar-refractivity contribution is 0.342. The second kappa shape index (κ2) is 6.00. The van der Waals surface area contributed by atoms with E-state index in [1.807, 2.05) is 49.4 Å². The standard InChI is InChI=1S/C15H18N2O2/c1-3-19-13-9-5-4-7-11(13)17-12-8-6-10-14(18-2)15(12)16/h4-10,17H,3,16H2,1-2H3. The number of anilines is 3. The molecule has 0 unspecified atom stereocenters. The number of nitrogens with two attached hydrogens (primary N) is 1. The smallest absolute Gasteiger partial charge is 0.143 e. The molecule has 0 fully saturated rings. The summed E-state index contributed by atoms with van der Waals surface area (Å²) < 4.78 is 10.8. The van der Waals surface area contributed by atoms with Gasteiger partial charge in [-0.1, -0.05) is 18.2 Å². The molecule has 100 valence electrons. The van der Waals surface area contributed by atoms with Crippen LogP contribution in [0.4, 0.5) is 17.1 Å². The molecule has 3 N–H and O–H groups in total. The summed E-state index contributed by atoms with van der Waals surface area (Å²) in [5.74, 6) is 1.45. The number of ether oxygens (including phenoxy) is 2. The van der Waals surface area contributed by atoms with Gasteiger partial charge >= 0.3 is 0 Å². The monoisotopic (exact) mass is 258 g/mol. The molecule has 2 rings (SSSR count). The van der Waals surface area contributed by atoms with Crippen LogP contribution < -0.4 is 20.5 Å². The molecule has 0 radical (unpaired) electrons. The topological polar surface area (TPSA) is 56.5 Å². The summed E-state index contributed by atoms with van der Waals surface area (Å²) in [5.41, 5.74) is 8.29. The van der Waals surface area contributed by atoms with E-state index in [4.69, 9.17) is 15.2 Å². The highest BCUT2D eigenvalue weighted by molar-refractivity contribution is 5.79. The van der Waals surface area contributed by atoms with Gasteiger partial charge in [-0.3, -0.25) is 0 Å². The fourth-order valence-electron chi connectivity index (χ4n) is 1.83. The Balaban J connectivity index is 2.31. The number of nitrogens with one attached hydrogen (secondary N) is 1. The summed E-state index contributed by atoms with van der Waals surface area (Å²) in [7, 11) is 1.60. The zero-order valence-corrected chi connectivity index (χ0v) is 11.1. The third kappa shape index (κ3) is 2.91. The molecule has 0 aliphatic carbocycles. The number of hydrogen-bond acceptors (Lipinski definition) is 4. The van der Waals surface area contributed by atoms with E-state index in [0.717, 1.165) is 17.1 Å². The summed E-state index contributed by atoms with van der Waals surface area (Å²) in [6.45, 7) is 2.57. The second-order valence-corrected chi connectivity index (χ2v) is 3.98.